The molecule has 1 N–H and O–H groups in total. The zero-order valence-corrected chi connectivity index (χ0v) is 17.7. The van der Waals surface area contributed by atoms with Gasteiger partial charge in [-0.3, -0.25) is 0 Å². The SMILES string of the molecule is CCOc1ccc(Nc2nc(-c3nnc(-c4cccc(C)c4)o3)nc3ccccc23)cc1. The van der Waals surface area contributed by atoms with E-state index < -0.39 is 0 Å². The largest absolute Gasteiger partial charge is 0.494 e. The lowest BCUT2D eigenvalue weighted by atomic mass is 10.1. The molecule has 2 aromatic heterocycles. The van der Waals surface area contributed by atoms with Crippen molar-refractivity contribution < 1.29 is 9.15 Å². The fourth-order valence-corrected chi connectivity index (χ4v) is 3.41. The third-order valence-electron chi connectivity index (χ3n) is 4.91. The lowest BCUT2D eigenvalue weighted by Crippen LogP contribution is -2.00. The van der Waals surface area contributed by atoms with Gasteiger partial charge in [-0.15, -0.1) is 10.2 Å². The molecule has 2 heterocycles. The molecule has 0 saturated carbocycles. The Balaban J connectivity index is 1.52. The first-order chi connectivity index (χ1) is 15.7. The second kappa shape index (κ2) is 8.47. The highest BCUT2D eigenvalue weighted by atomic mass is 16.5. The summed E-state index contributed by atoms with van der Waals surface area (Å²) in [6.07, 6.45) is 0. The molecule has 0 atom stereocenters. The monoisotopic (exact) mass is 423 g/mol. The number of hydrogen-bond donors (Lipinski definition) is 1. The van der Waals surface area contributed by atoms with Gasteiger partial charge in [-0.25, -0.2) is 9.97 Å². The molecule has 0 bridgehead atoms. The third kappa shape index (κ3) is 4.00. The van der Waals surface area contributed by atoms with Crippen molar-refractivity contribution in [3.63, 3.8) is 0 Å². The maximum absolute atomic E-state index is 5.92. The Morgan fingerprint density at radius 2 is 1.69 bits per heavy atom. The third-order valence-corrected chi connectivity index (χ3v) is 4.91. The fourth-order valence-electron chi connectivity index (χ4n) is 3.41. The number of nitrogens with one attached hydrogen (secondary N) is 1. The van der Waals surface area contributed by atoms with E-state index in [0.717, 1.165) is 33.5 Å². The Bertz CT molecular complexity index is 1380. The van der Waals surface area contributed by atoms with Crippen LogP contribution in [0.4, 0.5) is 11.5 Å². The van der Waals surface area contributed by atoms with Crippen molar-refractivity contribution in [1.29, 1.82) is 0 Å². The second-order valence-corrected chi connectivity index (χ2v) is 7.28. The highest BCUT2D eigenvalue weighted by Gasteiger charge is 2.16. The Morgan fingerprint density at radius 3 is 2.50 bits per heavy atom. The van der Waals surface area contributed by atoms with Crippen LogP contribution >= 0.6 is 0 Å². The van der Waals surface area contributed by atoms with Crippen molar-refractivity contribution >= 4 is 22.4 Å². The van der Waals surface area contributed by atoms with Gasteiger partial charge in [0.25, 0.3) is 5.89 Å². The zero-order valence-electron chi connectivity index (χ0n) is 17.7. The summed E-state index contributed by atoms with van der Waals surface area (Å²) in [5.41, 5.74) is 3.64. The molecule has 0 aliphatic carbocycles. The minimum atomic E-state index is 0.266. The number of para-hydroxylation sites is 1. The number of ether oxygens (including phenoxy) is 1. The van der Waals surface area contributed by atoms with E-state index in [-0.39, 0.29) is 5.89 Å². The number of benzene rings is 3. The number of nitrogens with zero attached hydrogens (tertiary/aromatic N) is 4. The predicted octanol–water partition coefficient (Wildman–Crippen LogP) is 5.80. The summed E-state index contributed by atoms with van der Waals surface area (Å²) < 4.78 is 11.4. The number of fused-ring (bicyclic) bond motifs is 1. The Morgan fingerprint density at radius 1 is 0.875 bits per heavy atom. The van der Waals surface area contributed by atoms with E-state index in [1.54, 1.807) is 0 Å². The van der Waals surface area contributed by atoms with Crippen LogP contribution in [0.5, 0.6) is 5.75 Å². The normalized spacial score (nSPS) is 10.9. The molecule has 3 aromatic carbocycles. The van der Waals surface area contributed by atoms with Crippen LogP contribution in [0.25, 0.3) is 34.1 Å². The average Bonchev–Trinajstić information content (AvgIpc) is 3.31. The van der Waals surface area contributed by atoms with Crippen molar-refractivity contribution in [2.24, 2.45) is 0 Å². The van der Waals surface area contributed by atoms with Gasteiger partial charge in [0.05, 0.1) is 12.1 Å². The van der Waals surface area contributed by atoms with E-state index in [2.05, 4.69) is 20.5 Å². The zero-order chi connectivity index (χ0) is 21.9. The molecule has 0 fully saturated rings. The molecule has 0 amide bonds. The number of hydrogen-bond acceptors (Lipinski definition) is 7. The van der Waals surface area contributed by atoms with Gasteiger partial charge in [-0.2, -0.15) is 0 Å². The van der Waals surface area contributed by atoms with Gasteiger partial charge in [0.1, 0.15) is 11.6 Å². The van der Waals surface area contributed by atoms with Crippen molar-refractivity contribution in [3.8, 4) is 28.9 Å². The number of aromatic nitrogens is 4. The summed E-state index contributed by atoms with van der Waals surface area (Å²) >= 11 is 0. The Labute approximate surface area is 185 Å². The lowest BCUT2D eigenvalue weighted by Gasteiger charge is -2.10. The quantitative estimate of drug-likeness (QED) is 0.369. The molecule has 0 saturated heterocycles. The minimum Gasteiger partial charge on any atom is -0.494 e. The van der Waals surface area contributed by atoms with E-state index in [4.69, 9.17) is 14.1 Å². The maximum Gasteiger partial charge on any atom is 0.286 e. The van der Waals surface area contributed by atoms with E-state index in [1.165, 1.54) is 0 Å². The van der Waals surface area contributed by atoms with E-state index in [9.17, 15) is 0 Å². The van der Waals surface area contributed by atoms with Gasteiger partial charge in [-0.1, -0.05) is 29.8 Å². The first kappa shape index (κ1) is 19.7. The number of anilines is 2. The van der Waals surface area contributed by atoms with E-state index in [0.29, 0.717) is 24.1 Å². The lowest BCUT2D eigenvalue weighted by molar-refractivity contribution is 0.340. The molecule has 5 aromatic rings. The fraction of sp³-hybridized carbons (Fsp3) is 0.120. The summed E-state index contributed by atoms with van der Waals surface area (Å²) in [5.74, 6) is 2.54. The molecule has 0 aliphatic rings. The number of rotatable bonds is 6. The molecule has 7 heteroatoms. The van der Waals surface area contributed by atoms with Gasteiger partial charge < -0.3 is 14.5 Å². The molecule has 7 nitrogen and oxygen atoms in total. The first-order valence-electron chi connectivity index (χ1n) is 10.4. The highest BCUT2D eigenvalue weighted by Crippen LogP contribution is 2.29. The molecule has 32 heavy (non-hydrogen) atoms. The highest BCUT2D eigenvalue weighted by molar-refractivity contribution is 5.91. The van der Waals surface area contributed by atoms with Gasteiger partial charge >= 0.3 is 0 Å². The summed E-state index contributed by atoms with van der Waals surface area (Å²) in [7, 11) is 0. The molecule has 158 valence electrons. The summed E-state index contributed by atoms with van der Waals surface area (Å²) in [4.78, 5) is 9.34. The standard InChI is InChI=1S/C25H21N5O2/c1-3-31-19-13-11-18(12-14-19)26-22-20-9-4-5-10-21(20)27-23(28-22)25-30-29-24(32-25)17-8-6-7-16(2)15-17/h4-15H,3H2,1-2H3,(H,26,27,28). The van der Waals surface area contributed by atoms with Crippen molar-refractivity contribution in [2.75, 3.05) is 11.9 Å². The van der Waals surface area contributed by atoms with Crippen molar-refractivity contribution in [3.05, 3.63) is 78.4 Å². The predicted molar refractivity (Wildman–Crippen MR) is 124 cm³/mol. The molecule has 0 radical (unpaired) electrons. The smallest absolute Gasteiger partial charge is 0.286 e. The molecular weight excluding hydrogens is 402 g/mol. The molecule has 5 rings (SSSR count). The molecular formula is C25H21N5O2. The van der Waals surface area contributed by atoms with Crippen molar-refractivity contribution in [1.82, 2.24) is 20.2 Å². The van der Waals surface area contributed by atoms with Gasteiger partial charge in [-0.05, 0) is 62.4 Å². The second-order valence-electron chi connectivity index (χ2n) is 7.28. The molecule has 0 aliphatic heterocycles. The Hall–Kier alpha value is -4.26. The van der Waals surface area contributed by atoms with E-state index >= 15 is 0 Å². The summed E-state index contributed by atoms with van der Waals surface area (Å²) in [5, 5.41) is 12.7. The first-order valence-corrected chi connectivity index (χ1v) is 10.4. The van der Waals surface area contributed by atoms with Gasteiger partial charge in [0.15, 0.2) is 0 Å². The maximum atomic E-state index is 5.92. The molecule has 0 spiro atoms. The van der Waals surface area contributed by atoms with Crippen LogP contribution in [0.3, 0.4) is 0 Å². The minimum absolute atomic E-state index is 0.266. The van der Waals surface area contributed by atoms with Crippen LogP contribution in [0.15, 0.2) is 77.2 Å². The number of aryl methyl sites for hydroxylation is 1. The van der Waals surface area contributed by atoms with Gasteiger partial charge in [0, 0.05) is 16.6 Å². The van der Waals surface area contributed by atoms with Crippen LogP contribution in [-0.2, 0) is 0 Å². The average molecular weight is 423 g/mol. The summed E-state index contributed by atoms with van der Waals surface area (Å²) in [6, 6.07) is 23.4. The van der Waals surface area contributed by atoms with Crippen LogP contribution in [0.2, 0.25) is 0 Å². The van der Waals surface area contributed by atoms with E-state index in [1.807, 2.05) is 86.6 Å². The van der Waals surface area contributed by atoms with Gasteiger partial charge in [0.2, 0.25) is 11.7 Å². The van der Waals surface area contributed by atoms with Crippen LogP contribution in [0, 0.1) is 6.92 Å². The topological polar surface area (TPSA) is 86.0 Å². The molecule has 0 unspecified atom stereocenters. The Kier molecular flexibility index (Phi) is 5.21. The van der Waals surface area contributed by atoms with Crippen LogP contribution in [-0.4, -0.2) is 26.8 Å². The van der Waals surface area contributed by atoms with Crippen LogP contribution < -0.4 is 10.1 Å². The van der Waals surface area contributed by atoms with Crippen LogP contribution in [0.1, 0.15) is 12.5 Å². The van der Waals surface area contributed by atoms with Crippen molar-refractivity contribution in [2.45, 2.75) is 13.8 Å². The summed E-state index contributed by atoms with van der Waals surface area (Å²) in [6.45, 7) is 4.61.